The van der Waals surface area contributed by atoms with E-state index in [9.17, 15) is 0 Å². The van der Waals surface area contributed by atoms with Crippen LogP contribution >= 0.6 is 0 Å². The molecule has 0 radical (unpaired) electrons. The minimum Gasteiger partial charge on any atom is -0.494 e. The summed E-state index contributed by atoms with van der Waals surface area (Å²) in [5, 5.41) is 3.42. The van der Waals surface area contributed by atoms with Crippen molar-refractivity contribution in [2.45, 2.75) is 46.4 Å². The van der Waals surface area contributed by atoms with Crippen molar-refractivity contribution in [1.29, 1.82) is 0 Å². The summed E-state index contributed by atoms with van der Waals surface area (Å²) in [6.07, 6.45) is 0.0688. The molecule has 0 saturated carbocycles. The van der Waals surface area contributed by atoms with E-state index in [1.54, 1.807) is 7.11 Å². The van der Waals surface area contributed by atoms with Crippen LogP contribution in [-0.2, 0) is 16.1 Å². The number of nitrogens with one attached hydrogen (secondary N) is 1. The smallest absolute Gasteiger partial charge is 0.124 e. The highest BCUT2D eigenvalue weighted by molar-refractivity contribution is 5.38. The Morgan fingerprint density at radius 1 is 1.19 bits per heavy atom. The van der Waals surface area contributed by atoms with Gasteiger partial charge >= 0.3 is 0 Å². The van der Waals surface area contributed by atoms with Gasteiger partial charge in [0.1, 0.15) is 5.75 Å². The summed E-state index contributed by atoms with van der Waals surface area (Å²) in [6, 6.07) is 6.63. The fourth-order valence-electron chi connectivity index (χ4n) is 2.22. The van der Waals surface area contributed by atoms with Crippen molar-refractivity contribution in [3.63, 3.8) is 0 Å². The number of hydrogen-bond acceptors (Lipinski definition) is 4. The lowest BCUT2D eigenvalue weighted by Gasteiger charge is -2.18. The summed E-state index contributed by atoms with van der Waals surface area (Å²) in [5.41, 5.74) is 2.33. The zero-order valence-electron chi connectivity index (χ0n) is 13.9. The van der Waals surface area contributed by atoms with Crippen LogP contribution in [0, 0.1) is 0 Å². The highest BCUT2D eigenvalue weighted by Crippen LogP contribution is 2.25. The first kappa shape index (κ1) is 18.0. The van der Waals surface area contributed by atoms with E-state index in [1.165, 1.54) is 5.56 Å². The summed E-state index contributed by atoms with van der Waals surface area (Å²) < 4.78 is 16.6. The number of hydrogen-bond donors (Lipinski definition) is 1. The topological polar surface area (TPSA) is 39.7 Å². The van der Waals surface area contributed by atoms with Gasteiger partial charge in [-0.05, 0) is 45.0 Å². The molecule has 0 aliphatic carbocycles. The Balaban J connectivity index is 2.82. The maximum Gasteiger partial charge on any atom is 0.124 e. The second-order valence-corrected chi connectivity index (χ2v) is 5.16. The largest absolute Gasteiger partial charge is 0.494 e. The van der Waals surface area contributed by atoms with Gasteiger partial charge in [-0.15, -0.1) is 0 Å². The van der Waals surface area contributed by atoms with Crippen molar-refractivity contribution in [2.75, 3.05) is 26.9 Å². The average Bonchev–Trinajstić information content (AvgIpc) is 2.47. The fraction of sp³-hybridized carbons (Fsp3) is 0.647. The molecule has 2 atom stereocenters. The Kier molecular flexibility index (Phi) is 8.35. The molecule has 4 heteroatoms. The monoisotopic (exact) mass is 295 g/mol. The molecule has 0 bridgehead atoms. The molecule has 0 heterocycles. The van der Waals surface area contributed by atoms with Gasteiger partial charge in [0.25, 0.3) is 0 Å². The lowest BCUT2D eigenvalue weighted by atomic mass is 10.0. The number of ether oxygens (including phenoxy) is 3. The minimum absolute atomic E-state index is 0.0688. The van der Waals surface area contributed by atoms with Gasteiger partial charge < -0.3 is 19.5 Å². The Labute approximate surface area is 128 Å². The van der Waals surface area contributed by atoms with Gasteiger partial charge in [0.2, 0.25) is 0 Å². The Bertz CT molecular complexity index is 409. The average molecular weight is 295 g/mol. The standard InChI is InChI=1S/C17H29NO3/c1-6-18-14(4)15-8-9-17(20-7-2)16(10-15)12-21-13(3)11-19-5/h8-10,13-14,18H,6-7,11-12H2,1-5H3. The van der Waals surface area contributed by atoms with Crippen molar-refractivity contribution >= 4 is 0 Å². The number of rotatable bonds is 10. The maximum absolute atomic E-state index is 5.82. The minimum atomic E-state index is 0.0688. The molecule has 0 aliphatic heterocycles. The van der Waals surface area contributed by atoms with E-state index in [0.29, 0.717) is 25.9 Å². The predicted octanol–water partition coefficient (Wildman–Crippen LogP) is 3.31. The molecule has 1 aromatic rings. The molecule has 4 nitrogen and oxygen atoms in total. The van der Waals surface area contributed by atoms with Gasteiger partial charge in [0, 0.05) is 18.7 Å². The van der Waals surface area contributed by atoms with Crippen LogP contribution in [0.15, 0.2) is 18.2 Å². The zero-order valence-corrected chi connectivity index (χ0v) is 13.9. The van der Waals surface area contributed by atoms with Crippen molar-refractivity contribution in [1.82, 2.24) is 5.32 Å². The van der Waals surface area contributed by atoms with E-state index in [-0.39, 0.29) is 6.10 Å². The van der Waals surface area contributed by atoms with Crippen LogP contribution in [0.1, 0.15) is 44.9 Å². The van der Waals surface area contributed by atoms with Gasteiger partial charge in [-0.3, -0.25) is 0 Å². The summed E-state index contributed by atoms with van der Waals surface area (Å²) in [7, 11) is 1.68. The fourth-order valence-corrected chi connectivity index (χ4v) is 2.22. The van der Waals surface area contributed by atoms with E-state index < -0.39 is 0 Å². The Morgan fingerprint density at radius 3 is 2.57 bits per heavy atom. The lowest BCUT2D eigenvalue weighted by Crippen LogP contribution is -2.18. The quantitative estimate of drug-likeness (QED) is 0.719. The van der Waals surface area contributed by atoms with Gasteiger partial charge in [-0.2, -0.15) is 0 Å². The van der Waals surface area contributed by atoms with Crippen LogP contribution in [-0.4, -0.2) is 33.0 Å². The third-order valence-electron chi connectivity index (χ3n) is 3.32. The molecule has 21 heavy (non-hydrogen) atoms. The molecule has 1 aromatic carbocycles. The normalized spacial score (nSPS) is 14.0. The summed E-state index contributed by atoms with van der Waals surface area (Å²) in [5.74, 6) is 0.898. The highest BCUT2D eigenvalue weighted by Gasteiger charge is 2.11. The lowest BCUT2D eigenvalue weighted by molar-refractivity contribution is -0.000877. The van der Waals surface area contributed by atoms with Crippen molar-refractivity contribution in [3.05, 3.63) is 29.3 Å². The van der Waals surface area contributed by atoms with E-state index >= 15 is 0 Å². The molecule has 1 N–H and O–H groups in total. The number of benzene rings is 1. The molecule has 2 unspecified atom stereocenters. The molecule has 1 rings (SSSR count). The van der Waals surface area contributed by atoms with Crippen LogP contribution in [0.5, 0.6) is 5.75 Å². The molecular weight excluding hydrogens is 266 g/mol. The van der Waals surface area contributed by atoms with Crippen LogP contribution in [0.25, 0.3) is 0 Å². The van der Waals surface area contributed by atoms with Crippen molar-refractivity contribution in [3.8, 4) is 5.75 Å². The summed E-state index contributed by atoms with van der Waals surface area (Å²) in [4.78, 5) is 0. The first-order valence-electron chi connectivity index (χ1n) is 7.71. The van der Waals surface area contributed by atoms with Gasteiger partial charge in [-0.1, -0.05) is 13.0 Å². The molecule has 120 valence electrons. The van der Waals surface area contributed by atoms with Gasteiger partial charge in [0.05, 0.1) is 25.9 Å². The van der Waals surface area contributed by atoms with Gasteiger partial charge in [-0.25, -0.2) is 0 Å². The third-order valence-corrected chi connectivity index (χ3v) is 3.32. The van der Waals surface area contributed by atoms with E-state index in [2.05, 4.69) is 31.3 Å². The van der Waals surface area contributed by atoms with Crippen LogP contribution < -0.4 is 10.1 Å². The maximum atomic E-state index is 5.82. The summed E-state index contributed by atoms with van der Waals surface area (Å²) >= 11 is 0. The third kappa shape index (κ3) is 6.04. The van der Waals surface area contributed by atoms with Crippen LogP contribution in [0.4, 0.5) is 0 Å². The SMILES string of the molecule is CCNC(C)c1ccc(OCC)c(COC(C)COC)c1. The molecule has 0 spiro atoms. The molecule has 0 fully saturated rings. The first-order valence-corrected chi connectivity index (χ1v) is 7.71. The molecule has 0 aliphatic rings. The molecule has 0 saturated heterocycles. The highest BCUT2D eigenvalue weighted by atomic mass is 16.5. The van der Waals surface area contributed by atoms with Crippen molar-refractivity contribution < 1.29 is 14.2 Å². The molecular formula is C17H29NO3. The van der Waals surface area contributed by atoms with Crippen LogP contribution in [0.2, 0.25) is 0 Å². The molecule has 0 aromatic heterocycles. The second-order valence-electron chi connectivity index (χ2n) is 5.16. The van der Waals surface area contributed by atoms with E-state index in [0.717, 1.165) is 17.9 Å². The van der Waals surface area contributed by atoms with Crippen LogP contribution in [0.3, 0.4) is 0 Å². The molecule has 0 amide bonds. The summed E-state index contributed by atoms with van der Waals surface area (Å²) in [6.45, 7) is 11.0. The number of methoxy groups -OCH3 is 1. The van der Waals surface area contributed by atoms with Crippen molar-refractivity contribution in [2.24, 2.45) is 0 Å². The van der Waals surface area contributed by atoms with Gasteiger partial charge in [0.15, 0.2) is 0 Å². The van der Waals surface area contributed by atoms with E-state index in [4.69, 9.17) is 14.2 Å². The Morgan fingerprint density at radius 2 is 1.95 bits per heavy atom. The van der Waals surface area contributed by atoms with E-state index in [1.807, 2.05) is 19.9 Å². The second kappa shape index (κ2) is 9.77. The first-order chi connectivity index (χ1) is 10.1. The Hall–Kier alpha value is -1.10. The zero-order chi connectivity index (χ0) is 15.7. The predicted molar refractivity (Wildman–Crippen MR) is 85.8 cm³/mol.